The van der Waals surface area contributed by atoms with Gasteiger partial charge in [0.25, 0.3) is 5.96 Å². The monoisotopic (exact) mass is 634 g/mol. The molecule has 0 aromatic carbocycles. The summed E-state index contributed by atoms with van der Waals surface area (Å²) in [6.45, 7) is 0. The van der Waals surface area contributed by atoms with Crippen LogP contribution in [0.2, 0.25) is 0 Å². The Kier molecular flexibility index (Phi) is 12.3. The molecule has 4 aromatic heterocycles. The Hall–Kier alpha value is -7.36. The van der Waals surface area contributed by atoms with Gasteiger partial charge >= 0.3 is 0 Å². The van der Waals surface area contributed by atoms with Gasteiger partial charge in [0.05, 0.1) is 34.7 Å². The zero-order chi connectivity index (χ0) is 32.9. The number of fused-ring (bicyclic) bond motifs is 4. The first-order valence-electron chi connectivity index (χ1n) is 14.1. The molecular weight excluding hydrogens is 608 g/mol. The van der Waals surface area contributed by atoms with Crippen LogP contribution in [0.25, 0.3) is 0 Å². The van der Waals surface area contributed by atoms with Crippen molar-refractivity contribution >= 4 is 35.4 Å². The molecule has 8 bridgehead atoms. The van der Waals surface area contributed by atoms with Crippen LogP contribution in [0.4, 0.5) is 0 Å². The number of aromatic nitrogens is 8. The van der Waals surface area contributed by atoms with E-state index in [4.69, 9.17) is 0 Å². The van der Waals surface area contributed by atoms with E-state index >= 15 is 0 Å². The zero-order valence-electron chi connectivity index (χ0n) is 25.1. The molecule has 2 N–H and O–H groups in total. The molecule has 0 amide bonds. The number of allylic oxidation sites excluding steroid dienone is 7. The molecule has 0 fully saturated rings. The number of hydrazine groups is 1. The fourth-order valence-electron chi connectivity index (χ4n) is 3.49. The van der Waals surface area contributed by atoms with Gasteiger partial charge in [-0.2, -0.15) is 9.98 Å². The van der Waals surface area contributed by atoms with Gasteiger partial charge in [0.1, 0.15) is 0 Å². The van der Waals surface area contributed by atoms with Crippen LogP contribution < -0.4 is 10.9 Å². The lowest BCUT2D eigenvalue weighted by molar-refractivity contribution is 0.899. The molecule has 0 aliphatic carbocycles. The minimum Gasteiger partial charge on any atom is -0.282 e. The molecule has 5 aliphatic heterocycles. The van der Waals surface area contributed by atoms with Gasteiger partial charge in [0.2, 0.25) is 5.96 Å². The van der Waals surface area contributed by atoms with E-state index in [0.29, 0.717) is 23.5 Å². The van der Waals surface area contributed by atoms with E-state index in [2.05, 4.69) is 80.7 Å². The average Bonchev–Trinajstić information content (AvgIpc) is 4.00. The third kappa shape index (κ3) is 11.6. The third-order valence-electron chi connectivity index (χ3n) is 5.43. The predicted molar refractivity (Wildman–Crippen MR) is 183 cm³/mol. The third-order valence-corrected chi connectivity index (χ3v) is 5.43. The molecule has 0 radical (unpaired) electrons. The second-order valence-electron chi connectivity index (χ2n) is 8.88. The summed E-state index contributed by atoms with van der Waals surface area (Å²) in [5.41, 5.74) is 9.81. The Labute approximate surface area is 274 Å². The van der Waals surface area contributed by atoms with Crippen molar-refractivity contribution in [3.8, 4) is 0 Å². The van der Waals surface area contributed by atoms with Crippen molar-refractivity contribution in [2.45, 2.75) is 0 Å². The SMILES string of the molecule is C1=CC2=NC1=CC1=NC(=NC3=NC(=CC4=NC(=C2)C=C4)C=N3)NN1.c1cnccn1.c1cnccn1.c1cnccn1.c1cnccn1. The zero-order valence-corrected chi connectivity index (χ0v) is 25.1. The molecule has 9 heterocycles. The van der Waals surface area contributed by atoms with Crippen LogP contribution in [0.15, 0.2) is 189 Å². The van der Waals surface area contributed by atoms with Crippen LogP contribution in [0.1, 0.15) is 0 Å². The van der Waals surface area contributed by atoms with Crippen molar-refractivity contribution in [3.63, 3.8) is 0 Å². The van der Waals surface area contributed by atoms with Gasteiger partial charge in [-0.25, -0.2) is 20.0 Å². The number of rotatable bonds is 0. The molecule has 48 heavy (non-hydrogen) atoms. The maximum atomic E-state index is 4.53. The normalized spacial score (nSPS) is 15.3. The van der Waals surface area contributed by atoms with Crippen LogP contribution in [0.3, 0.4) is 0 Å². The highest BCUT2D eigenvalue weighted by molar-refractivity contribution is 6.16. The highest BCUT2D eigenvalue weighted by atomic mass is 15.5. The summed E-state index contributed by atoms with van der Waals surface area (Å²) in [4.78, 5) is 55.9. The van der Waals surface area contributed by atoms with Crippen molar-refractivity contribution < 1.29 is 0 Å². The Morgan fingerprint density at radius 1 is 0.354 bits per heavy atom. The highest BCUT2D eigenvalue weighted by Gasteiger charge is 2.15. The average molecular weight is 635 g/mol. The van der Waals surface area contributed by atoms with E-state index in [1.54, 1.807) is 105 Å². The van der Waals surface area contributed by atoms with Gasteiger partial charge < -0.3 is 0 Å². The number of hydrogen-bond acceptors (Lipinski definition) is 16. The van der Waals surface area contributed by atoms with E-state index in [9.17, 15) is 0 Å². The van der Waals surface area contributed by atoms with E-state index < -0.39 is 0 Å². The second-order valence-corrected chi connectivity index (χ2v) is 8.88. The number of amidine groups is 1. The molecule has 0 saturated heterocycles. The fraction of sp³-hybridized carbons (Fsp3) is 0. The topological polar surface area (TPSA) is 201 Å². The van der Waals surface area contributed by atoms with E-state index in [-0.39, 0.29) is 0 Å². The van der Waals surface area contributed by atoms with Crippen molar-refractivity contribution in [2.75, 3.05) is 0 Å². The second kappa shape index (κ2) is 18.4. The predicted octanol–water partition coefficient (Wildman–Crippen LogP) is 2.88. The van der Waals surface area contributed by atoms with Gasteiger partial charge in [-0.15, -0.1) is 0 Å². The van der Waals surface area contributed by atoms with Crippen LogP contribution in [0.5, 0.6) is 0 Å². The van der Waals surface area contributed by atoms with Crippen molar-refractivity contribution in [2.24, 2.45) is 30.0 Å². The molecule has 234 valence electrons. The van der Waals surface area contributed by atoms with Crippen LogP contribution >= 0.6 is 0 Å². The van der Waals surface area contributed by atoms with Crippen LogP contribution in [-0.2, 0) is 0 Å². The standard InChI is InChI=1S/C16H10N8.4C4H4N2/c1-2-11-6-13-8-17-15(20-13)22-16-21-14(23-24-16)7-12-4-3-10(19-12)5-9(1)18-11;4*1-2-6-4-3-5-1/h1-8H,(H2,17,20,21,22,23,24);4*1-4H. The van der Waals surface area contributed by atoms with E-state index in [1.807, 2.05) is 42.5 Å². The minimum atomic E-state index is 0.342. The Morgan fingerprint density at radius 2 is 0.771 bits per heavy atom. The summed E-state index contributed by atoms with van der Waals surface area (Å²) in [7, 11) is 0. The van der Waals surface area contributed by atoms with Crippen molar-refractivity contribution in [1.82, 2.24) is 50.7 Å². The first-order valence-corrected chi connectivity index (χ1v) is 14.1. The maximum absolute atomic E-state index is 4.53. The summed E-state index contributed by atoms with van der Waals surface area (Å²) in [6.07, 6.45) is 41.2. The maximum Gasteiger partial charge on any atom is 0.253 e. The lowest BCUT2D eigenvalue weighted by atomic mass is 10.3. The van der Waals surface area contributed by atoms with Crippen LogP contribution in [0, 0.1) is 0 Å². The Balaban J connectivity index is 0.000000151. The number of hydrogen-bond donors (Lipinski definition) is 2. The fourth-order valence-corrected chi connectivity index (χ4v) is 3.49. The van der Waals surface area contributed by atoms with Gasteiger partial charge in [0.15, 0.2) is 5.84 Å². The molecule has 5 aliphatic rings. The first kappa shape index (κ1) is 32.0. The molecule has 0 atom stereocenters. The minimum absolute atomic E-state index is 0.342. The molecular formula is C32H26N16. The van der Waals surface area contributed by atoms with Crippen LogP contribution in [-0.4, -0.2) is 75.3 Å². The molecule has 16 nitrogen and oxygen atoms in total. The smallest absolute Gasteiger partial charge is 0.253 e. The summed E-state index contributed by atoms with van der Waals surface area (Å²) >= 11 is 0. The molecule has 16 heteroatoms. The van der Waals surface area contributed by atoms with Crippen molar-refractivity contribution in [1.29, 1.82) is 0 Å². The lowest BCUT2D eigenvalue weighted by Crippen LogP contribution is -2.32. The highest BCUT2D eigenvalue weighted by Crippen LogP contribution is 2.16. The van der Waals surface area contributed by atoms with E-state index in [1.165, 1.54) is 0 Å². The number of nitrogens with zero attached hydrogens (tertiary/aromatic N) is 14. The quantitative estimate of drug-likeness (QED) is 0.290. The molecule has 0 saturated carbocycles. The Morgan fingerprint density at radius 3 is 1.21 bits per heavy atom. The molecule has 0 spiro atoms. The molecule has 0 unspecified atom stereocenters. The number of aliphatic imine (C=N–C) groups is 6. The molecule has 4 aromatic rings. The summed E-state index contributed by atoms with van der Waals surface area (Å²) < 4.78 is 0. The van der Waals surface area contributed by atoms with Gasteiger partial charge in [0, 0.05) is 105 Å². The largest absolute Gasteiger partial charge is 0.282 e. The number of nitrogens with one attached hydrogen (secondary N) is 2. The van der Waals surface area contributed by atoms with Gasteiger partial charge in [-0.3, -0.25) is 50.7 Å². The summed E-state index contributed by atoms with van der Waals surface area (Å²) in [5, 5.41) is 0. The molecule has 9 rings (SSSR count). The summed E-state index contributed by atoms with van der Waals surface area (Å²) in [5.74, 6) is 1.37. The number of guanidine groups is 2. The summed E-state index contributed by atoms with van der Waals surface area (Å²) in [6, 6.07) is 0. The van der Waals surface area contributed by atoms with Gasteiger partial charge in [-0.1, -0.05) is 0 Å². The van der Waals surface area contributed by atoms with E-state index in [0.717, 1.165) is 22.8 Å². The lowest BCUT2D eigenvalue weighted by Gasteiger charge is -1.95. The first-order chi connectivity index (χ1) is 23.8. The van der Waals surface area contributed by atoms with Crippen molar-refractivity contribution in [3.05, 3.63) is 159 Å². The Bertz CT molecular complexity index is 1710. The van der Waals surface area contributed by atoms with Gasteiger partial charge in [-0.05, 0) is 36.5 Å².